The molecular weight excluding hydrogens is 294 g/mol. The van der Waals surface area contributed by atoms with E-state index in [2.05, 4.69) is 10.3 Å². The summed E-state index contributed by atoms with van der Waals surface area (Å²) >= 11 is 5.76. The summed E-state index contributed by atoms with van der Waals surface area (Å²) in [5.74, 6) is -0.225. The second-order valence-corrected chi connectivity index (χ2v) is 5.62. The second kappa shape index (κ2) is 7.45. The van der Waals surface area contributed by atoms with Crippen LogP contribution in [0.15, 0.2) is 11.1 Å². The van der Waals surface area contributed by atoms with Gasteiger partial charge in [0.15, 0.2) is 5.15 Å². The Labute approximate surface area is 128 Å². The first kappa shape index (κ1) is 15.8. The normalized spacial score (nSPS) is 16.3. The number of hydrogen-bond donors (Lipinski definition) is 1. The Morgan fingerprint density at radius 1 is 1.43 bits per heavy atom. The van der Waals surface area contributed by atoms with Crippen LogP contribution in [0.4, 0.5) is 0 Å². The fraction of sp³-hybridized carbons (Fsp3) is 0.643. The largest absolute Gasteiger partial charge is 0.489 e. The van der Waals surface area contributed by atoms with Gasteiger partial charge < -0.3 is 10.1 Å². The van der Waals surface area contributed by atoms with Gasteiger partial charge >= 0.3 is 0 Å². The Kier molecular flexibility index (Phi) is 5.61. The van der Waals surface area contributed by atoms with Crippen molar-refractivity contribution in [2.75, 3.05) is 7.11 Å². The Morgan fingerprint density at radius 2 is 2.10 bits per heavy atom. The smallest absolute Gasteiger partial charge is 0.297 e. The highest BCUT2D eigenvalue weighted by atomic mass is 35.5. The fourth-order valence-corrected chi connectivity index (χ4v) is 2.79. The lowest BCUT2D eigenvalue weighted by Gasteiger charge is -2.16. The number of rotatable bonds is 4. The number of hydrogen-bond acceptors (Lipinski definition) is 4. The highest BCUT2D eigenvalue weighted by Gasteiger charge is 2.17. The van der Waals surface area contributed by atoms with Crippen LogP contribution in [0.25, 0.3) is 0 Å². The van der Waals surface area contributed by atoms with Crippen molar-refractivity contribution in [3.63, 3.8) is 0 Å². The van der Waals surface area contributed by atoms with Crippen molar-refractivity contribution in [3.05, 3.63) is 21.8 Å². The topological polar surface area (TPSA) is 73.2 Å². The number of halogens is 1. The number of amides is 1. The van der Waals surface area contributed by atoms with E-state index in [9.17, 15) is 9.59 Å². The average Bonchev–Trinajstić information content (AvgIpc) is 2.71. The summed E-state index contributed by atoms with van der Waals surface area (Å²) < 4.78 is 6.11. The Balaban J connectivity index is 2.01. The Hall–Kier alpha value is -1.56. The molecule has 116 valence electrons. The van der Waals surface area contributed by atoms with Crippen molar-refractivity contribution in [3.8, 4) is 5.75 Å². The summed E-state index contributed by atoms with van der Waals surface area (Å²) in [6.45, 7) is -0.0735. The monoisotopic (exact) mass is 313 g/mol. The van der Waals surface area contributed by atoms with Crippen molar-refractivity contribution in [2.24, 2.45) is 0 Å². The molecule has 0 atom stereocenters. The van der Waals surface area contributed by atoms with Crippen LogP contribution in [0.3, 0.4) is 0 Å². The van der Waals surface area contributed by atoms with E-state index in [1.807, 2.05) is 0 Å². The van der Waals surface area contributed by atoms with Gasteiger partial charge in [-0.15, -0.1) is 0 Å². The predicted octanol–water partition coefficient (Wildman–Crippen LogP) is 1.74. The molecule has 1 heterocycles. The molecule has 0 aromatic carbocycles. The van der Waals surface area contributed by atoms with E-state index < -0.39 is 5.56 Å². The van der Waals surface area contributed by atoms with Crippen molar-refractivity contribution in [1.29, 1.82) is 0 Å². The average molecular weight is 314 g/mol. The molecule has 0 unspecified atom stereocenters. The number of nitrogens with zero attached hydrogens (tertiary/aromatic N) is 2. The molecule has 1 aliphatic rings. The molecule has 1 amide bonds. The molecule has 1 N–H and O–H groups in total. The molecule has 1 aliphatic carbocycles. The van der Waals surface area contributed by atoms with Gasteiger partial charge in [0, 0.05) is 6.04 Å². The highest BCUT2D eigenvalue weighted by Crippen LogP contribution is 2.17. The predicted molar refractivity (Wildman–Crippen MR) is 79.7 cm³/mol. The number of carbonyl (C=O) groups excluding carboxylic acids is 1. The first-order valence-corrected chi connectivity index (χ1v) is 7.58. The highest BCUT2D eigenvalue weighted by molar-refractivity contribution is 6.30. The number of nitrogens with one attached hydrogen (secondary N) is 1. The van der Waals surface area contributed by atoms with Crippen LogP contribution in [-0.4, -0.2) is 28.6 Å². The van der Waals surface area contributed by atoms with Crippen molar-refractivity contribution >= 4 is 17.5 Å². The van der Waals surface area contributed by atoms with Gasteiger partial charge in [0.05, 0.1) is 13.4 Å². The summed E-state index contributed by atoms with van der Waals surface area (Å²) in [6, 6.07) is 0.206. The number of aromatic nitrogens is 2. The zero-order valence-corrected chi connectivity index (χ0v) is 12.9. The van der Waals surface area contributed by atoms with Gasteiger partial charge in [-0.2, -0.15) is 0 Å². The number of ether oxygens (including phenoxy) is 1. The minimum atomic E-state index is -0.450. The van der Waals surface area contributed by atoms with Crippen LogP contribution >= 0.6 is 11.6 Å². The molecule has 2 rings (SSSR count). The maximum absolute atomic E-state index is 12.1. The van der Waals surface area contributed by atoms with Crippen LogP contribution in [0, 0.1) is 0 Å². The maximum atomic E-state index is 12.1. The van der Waals surface area contributed by atoms with Gasteiger partial charge in [-0.25, -0.2) is 4.98 Å². The first-order chi connectivity index (χ1) is 10.1. The van der Waals surface area contributed by atoms with Crippen LogP contribution in [0.1, 0.15) is 38.5 Å². The van der Waals surface area contributed by atoms with Crippen LogP contribution in [-0.2, 0) is 11.3 Å². The fourth-order valence-electron chi connectivity index (χ4n) is 2.59. The zero-order valence-electron chi connectivity index (χ0n) is 12.1. The van der Waals surface area contributed by atoms with Crippen molar-refractivity contribution in [2.45, 2.75) is 51.1 Å². The molecule has 1 saturated carbocycles. The molecule has 1 aromatic rings. The lowest BCUT2D eigenvalue weighted by atomic mass is 10.1. The number of carbonyl (C=O) groups is 1. The molecule has 0 bridgehead atoms. The van der Waals surface area contributed by atoms with E-state index >= 15 is 0 Å². The number of methoxy groups -OCH3 is 1. The van der Waals surface area contributed by atoms with E-state index in [4.69, 9.17) is 16.3 Å². The maximum Gasteiger partial charge on any atom is 0.297 e. The SMILES string of the molecule is COc1c(Cl)ncn(CC(=O)NC2CCCCCC2)c1=O. The van der Waals surface area contributed by atoms with E-state index in [1.165, 1.54) is 30.8 Å². The molecule has 0 saturated heterocycles. The Morgan fingerprint density at radius 3 is 2.71 bits per heavy atom. The summed E-state index contributed by atoms with van der Waals surface area (Å²) in [5, 5.41) is 2.99. The molecule has 0 aliphatic heterocycles. The van der Waals surface area contributed by atoms with Crippen LogP contribution in [0.2, 0.25) is 5.15 Å². The van der Waals surface area contributed by atoms with Crippen molar-refractivity contribution in [1.82, 2.24) is 14.9 Å². The lowest BCUT2D eigenvalue weighted by Crippen LogP contribution is -2.38. The third kappa shape index (κ3) is 4.20. The quantitative estimate of drug-likeness (QED) is 0.679. The lowest BCUT2D eigenvalue weighted by molar-refractivity contribution is -0.122. The third-order valence-electron chi connectivity index (χ3n) is 3.69. The van der Waals surface area contributed by atoms with Gasteiger partial charge in [-0.3, -0.25) is 14.2 Å². The van der Waals surface area contributed by atoms with Gasteiger partial charge in [0.1, 0.15) is 6.54 Å². The third-order valence-corrected chi connectivity index (χ3v) is 3.96. The summed E-state index contributed by atoms with van der Waals surface area (Å²) in [5.41, 5.74) is -0.450. The summed E-state index contributed by atoms with van der Waals surface area (Å²) in [6.07, 6.45) is 8.00. The van der Waals surface area contributed by atoms with Gasteiger partial charge in [-0.1, -0.05) is 37.3 Å². The van der Waals surface area contributed by atoms with E-state index in [1.54, 1.807) is 0 Å². The van der Waals surface area contributed by atoms with Gasteiger partial charge in [0.25, 0.3) is 5.56 Å². The molecule has 6 nitrogen and oxygen atoms in total. The van der Waals surface area contributed by atoms with Gasteiger partial charge in [-0.05, 0) is 12.8 Å². The van der Waals surface area contributed by atoms with Crippen LogP contribution in [0.5, 0.6) is 5.75 Å². The first-order valence-electron chi connectivity index (χ1n) is 7.20. The molecule has 1 aromatic heterocycles. The molecule has 21 heavy (non-hydrogen) atoms. The second-order valence-electron chi connectivity index (χ2n) is 5.26. The Bertz CT molecular complexity index is 551. The van der Waals surface area contributed by atoms with Crippen molar-refractivity contribution < 1.29 is 9.53 Å². The molecule has 7 heteroatoms. The van der Waals surface area contributed by atoms with E-state index in [-0.39, 0.29) is 29.4 Å². The molecule has 1 fully saturated rings. The summed E-state index contributed by atoms with van der Waals surface area (Å²) in [7, 11) is 1.35. The minimum absolute atomic E-state index is 0.00271. The van der Waals surface area contributed by atoms with Gasteiger partial charge in [0.2, 0.25) is 11.7 Å². The van der Waals surface area contributed by atoms with E-state index in [0.717, 1.165) is 25.7 Å². The molecule has 0 spiro atoms. The molecular formula is C14H20ClN3O3. The summed E-state index contributed by atoms with van der Waals surface area (Å²) in [4.78, 5) is 27.9. The minimum Gasteiger partial charge on any atom is -0.489 e. The molecule has 0 radical (unpaired) electrons. The standard InChI is InChI=1S/C14H20ClN3O3/c1-21-12-13(15)16-9-18(14(12)20)8-11(19)17-10-6-4-2-3-5-7-10/h9-10H,2-8H2,1H3,(H,17,19). The zero-order chi connectivity index (χ0) is 15.2. The van der Waals surface area contributed by atoms with Crippen LogP contribution < -0.4 is 15.6 Å². The van der Waals surface area contributed by atoms with E-state index in [0.29, 0.717) is 0 Å².